The van der Waals surface area contributed by atoms with Gasteiger partial charge < -0.3 is 9.47 Å². The van der Waals surface area contributed by atoms with Crippen molar-refractivity contribution < 1.29 is 19.1 Å². The number of carbonyl (C=O) groups is 2. The van der Waals surface area contributed by atoms with E-state index in [4.69, 9.17) is 9.47 Å². The third-order valence-corrected chi connectivity index (χ3v) is 2.53. The Morgan fingerprint density at radius 1 is 1.33 bits per heavy atom. The van der Waals surface area contributed by atoms with E-state index in [9.17, 15) is 9.59 Å². The van der Waals surface area contributed by atoms with Crippen molar-refractivity contribution in [2.45, 2.75) is 26.9 Å². The van der Waals surface area contributed by atoms with Gasteiger partial charge in [-0.05, 0) is 39.0 Å². The molecule has 0 aliphatic rings. The molecular weight excluding hydrogens is 300 g/mol. The molecule has 4 nitrogen and oxygen atoms in total. The average molecular weight is 315 g/mol. The van der Waals surface area contributed by atoms with Crippen LogP contribution >= 0.6 is 15.9 Å². The van der Waals surface area contributed by atoms with E-state index in [2.05, 4.69) is 15.9 Å². The molecule has 0 unspecified atom stereocenters. The molecule has 0 N–H and O–H groups in total. The molecule has 1 rings (SSSR count). The van der Waals surface area contributed by atoms with Crippen molar-refractivity contribution in [2.24, 2.45) is 0 Å². The van der Waals surface area contributed by atoms with Gasteiger partial charge in [0.15, 0.2) is 12.4 Å². The third-order valence-electron chi connectivity index (χ3n) is 2.04. The minimum Gasteiger partial charge on any atom is -0.481 e. The highest BCUT2D eigenvalue weighted by molar-refractivity contribution is 9.10. The zero-order valence-corrected chi connectivity index (χ0v) is 12.1. The van der Waals surface area contributed by atoms with E-state index in [1.165, 1.54) is 6.92 Å². The Morgan fingerprint density at radius 3 is 2.56 bits per heavy atom. The van der Waals surface area contributed by atoms with Crippen molar-refractivity contribution in [2.75, 3.05) is 6.61 Å². The van der Waals surface area contributed by atoms with Gasteiger partial charge in [0.25, 0.3) is 0 Å². The van der Waals surface area contributed by atoms with Gasteiger partial charge in [0, 0.05) is 4.47 Å². The molecule has 0 bridgehead atoms. The molecule has 0 saturated heterocycles. The second-order valence-corrected chi connectivity index (χ2v) is 4.94. The lowest BCUT2D eigenvalue weighted by Crippen LogP contribution is -2.19. The Labute approximate surface area is 114 Å². The van der Waals surface area contributed by atoms with Crippen LogP contribution in [-0.2, 0) is 9.53 Å². The number of carbonyl (C=O) groups excluding carboxylic acids is 2. The van der Waals surface area contributed by atoms with Crippen LogP contribution in [0.3, 0.4) is 0 Å². The van der Waals surface area contributed by atoms with Crippen LogP contribution in [0.1, 0.15) is 31.1 Å². The SMILES string of the molecule is CC(=O)c1ccc(Br)cc1OCC(=O)OC(C)C. The maximum absolute atomic E-state index is 11.4. The first kappa shape index (κ1) is 14.7. The molecule has 0 amide bonds. The van der Waals surface area contributed by atoms with Crippen LogP contribution in [-0.4, -0.2) is 24.5 Å². The van der Waals surface area contributed by atoms with Crippen molar-refractivity contribution in [3.63, 3.8) is 0 Å². The molecule has 0 saturated carbocycles. The molecule has 0 aromatic heterocycles. The van der Waals surface area contributed by atoms with Gasteiger partial charge in [-0.2, -0.15) is 0 Å². The zero-order valence-electron chi connectivity index (χ0n) is 10.5. The van der Waals surface area contributed by atoms with E-state index in [-0.39, 0.29) is 18.5 Å². The topological polar surface area (TPSA) is 52.6 Å². The van der Waals surface area contributed by atoms with E-state index in [1.807, 2.05) is 0 Å². The third kappa shape index (κ3) is 4.49. The second-order valence-electron chi connectivity index (χ2n) is 4.02. The van der Waals surface area contributed by atoms with E-state index in [0.717, 1.165) is 4.47 Å². The molecule has 98 valence electrons. The van der Waals surface area contributed by atoms with Crippen molar-refractivity contribution in [3.05, 3.63) is 28.2 Å². The zero-order chi connectivity index (χ0) is 13.7. The van der Waals surface area contributed by atoms with Crippen LogP contribution in [0.25, 0.3) is 0 Å². The van der Waals surface area contributed by atoms with Crippen LogP contribution < -0.4 is 4.74 Å². The first-order valence-electron chi connectivity index (χ1n) is 5.53. The summed E-state index contributed by atoms with van der Waals surface area (Å²) in [5, 5.41) is 0. The average Bonchev–Trinajstić information content (AvgIpc) is 2.25. The number of hydrogen-bond acceptors (Lipinski definition) is 4. The Hall–Kier alpha value is -1.36. The summed E-state index contributed by atoms with van der Waals surface area (Å²) in [6, 6.07) is 5.05. The van der Waals surface area contributed by atoms with Crippen LogP contribution in [0.15, 0.2) is 22.7 Å². The van der Waals surface area contributed by atoms with Gasteiger partial charge in [-0.15, -0.1) is 0 Å². The van der Waals surface area contributed by atoms with Crippen LogP contribution in [0.2, 0.25) is 0 Å². The standard InChI is InChI=1S/C13H15BrO4/c1-8(2)18-13(16)7-17-12-6-10(14)4-5-11(12)9(3)15/h4-6,8H,7H2,1-3H3. The molecule has 0 aliphatic carbocycles. The van der Waals surface area contributed by atoms with Gasteiger partial charge in [0.1, 0.15) is 5.75 Å². The lowest BCUT2D eigenvalue weighted by Gasteiger charge is -2.11. The Bertz CT molecular complexity index is 454. The largest absolute Gasteiger partial charge is 0.481 e. The van der Waals surface area contributed by atoms with Crippen LogP contribution in [0, 0.1) is 0 Å². The summed E-state index contributed by atoms with van der Waals surface area (Å²) in [5.41, 5.74) is 0.440. The van der Waals surface area contributed by atoms with E-state index >= 15 is 0 Å². The maximum atomic E-state index is 11.4. The van der Waals surface area contributed by atoms with Crippen molar-refractivity contribution >= 4 is 27.7 Å². The predicted molar refractivity (Wildman–Crippen MR) is 70.9 cm³/mol. The maximum Gasteiger partial charge on any atom is 0.344 e. The van der Waals surface area contributed by atoms with E-state index < -0.39 is 5.97 Å². The predicted octanol–water partition coefficient (Wildman–Crippen LogP) is 2.98. The van der Waals surface area contributed by atoms with Crippen molar-refractivity contribution in [1.29, 1.82) is 0 Å². The van der Waals surface area contributed by atoms with Crippen LogP contribution in [0.4, 0.5) is 0 Å². The first-order chi connectivity index (χ1) is 8.40. The van der Waals surface area contributed by atoms with Gasteiger partial charge >= 0.3 is 5.97 Å². The molecule has 0 fully saturated rings. The van der Waals surface area contributed by atoms with Gasteiger partial charge in [-0.1, -0.05) is 15.9 Å². The number of rotatable bonds is 5. The highest BCUT2D eigenvalue weighted by Gasteiger charge is 2.12. The molecule has 0 heterocycles. The van der Waals surface area contributed by atoms with Crippen molar-refractivity contribution in [3.8, 4) is 5.75 Å². The molecule has 5 heteroatoms. The number of ketones is 1. The molecular formula is C13H15BrO4. The summed E-state index contributed by atoms with van der Waals surface area (Å²) < 4.78 is 11.0. The number of esters is 1. The van der Waals surface area contributed by atoms with Gasteiger partial charge in [-0.3, -0.25) is 4.79 Å². The normalized spacial score (nSPS) is 10.3. The summed E-state index contributed by atoms with van der Waals surface area (Å²) >= 11 is 3.29. The van der Waals surface area contributed by atoms with E-state index in [0.29, 0.717) is 11.3 Å². The monoisotopic (exact) mass is 314 g/mol. The summed E-state index contributed by atoms with van der Waals surface area (Å²) in [4.78, 5) is 22.7. The molecule has 0 aliphatic heterocycles. The fourth-order valence-corrected chi connectivity index (χ4v) is 1.68. The molecule has 18 heavy (non-hydrogen) atoms. The molecule has 0 atom stereocenters. The molecule has 0 spiro atoms. The summed E-state index contributed by atoms with van der Waals surface area (Å²) in [7, 11) is 0. The fourth-order valence-electron chi connectivity index (χ4n) is 1.34. The first-order valence-corrected chi connectivity index (χ1v) is 6.32. The number of Topliss-reactive ketones (excluding diaryl/α,β-unsaturated/α-hetero) is 1. The number of hydrogen-bond donors (Lipinski definition) is 0. The Balaban J connectivity index is 2.74. The smallest absolute Gasteiger partial charge is 0.344 e. The van der Waals surface area contributed by atoms with Crippen molar-refractivity contribution in [1.82, 2.24) is 0 Å². The van der Waals surface area contributed by atoms with Gasteiger partial charge in [0.2, 0.25) is 0 Å². The lowest BCUT2D eigenvalue weighted by atomic mass is 10.1. The highest BCUT2D eigenvalue weighted by atomic mass is 79.9. The van der Waals surface area contributed by atoms with Gasteiger partial charge in [-0.25, -0.2) is 4.79 Å². The second kappa shape index (κ2) is 6.54. The Morgan fingerprint density at radius 2 is 2.00 bits per heavy atom. The number of ether oxygens (including phenoxy) is 2. The van der Waals surface area contributed by atoms with Gasteiger partial charge in [0.05, 0.1) is 11.7 Å². The molecule has 1 aromatic carbocycles. The summed E-state index contributed by atoms with van der Waals surface area (Å²) in [5.74, 6) is -0.202. The van der Waals surface area contributed by atoms with Crippen LogP contribution in [0.5, 0.6) is 5.75 Å². The molecule has 0 radical (unpaired) electrons. The minimum atomic E-state index is -0.459. The summed E-state index contributed by atoms with van der Waals surface area (Å²) in [6.45, 7) is 4.76. The number of halogens is 1. The van der Waals surface area contributed by atoms with E-state index in [1.54, 1.807) is 32.0 Å². The lowest BCUT2D eigenvalue weighted by molar-refractivity contribution is -0.149. The minimum absolute atomic E-state index is 0.116. The molecule has 1 aromatic rings. The highest BCUT2D eigenvalue weighted by Crippen LogP contribution is 2.24. The fraction of sp³-hybridized carbons (Fsp3) is 0.385. The number of benzene rings is 1. The Kier molecular flexibility index (Phi) is 5.34. The quantitative estimate of drug-likeness (QED) is 0.619. The summed E-state index contributed by atoms with van der Waals surface area (Å²) in [6.07, 6.45) is -0.184.